The number of aliphatic imine (C=N–C) groups is 1. The Labute approximate surface area is 195 Å². The Balaban J connectivity index is 0.00000320. The Hall–Kier alpha value is -1.88. The van der Waals surface area contributed by atoms with Gasteiger partial charge in [-0.05, 0) is 37.2 Å². The summed E-state index contributed by atoms with van der Waals surface area (Å²) in [6.45, 7) is 10.7. The van der Waals surface area contributed by atoms with Crippen molar-refractivity contribution in [1.82, 2.24) is 25.3 Å². The van der Waals surface area contributed by atoms with Gasteiger partial charge >= 0.3 is 0 Å². The molecular formula is C21H33FIN7. The third-order valence-electron chi connectivity index (χ3n) is 5.30. The Bertz CT molecular complexity index is 815. The zero-order chi connectivity index (χ0) is 20.6. The van der Waals surface area contributed by atoms with Crippen LogP contribution in [0.3, 0.4) is 0 Å². The van der Waals surface area contributed by atoms with Crippen LogP contribution in [-0.2, 0) is 20.1 Å². The van der Waals surface area contributed by atoms with Gasteiger partial charge in [-0.3, -0.25) is 4.68 Å². The number of hydrogen-bond acceptors (Lipinski definition) is 4. The molecule has 166 valence electrons. The predicted molar refractivity (Wildman–Crippen MR) is 131 cm³/mol. The van der Waals surface area contributed by atoms with Crippen LogP contribution in [0.25, 0.3) is 0 Å². The first-order chi connectivity index (χ1) is 14.1. The lowest BCUT2D eigenvalue weighted by atomic mass is 10.1. The molecule has 2 N–H and O–H groups in total. The molecule has 1 aromatic carbocycles. The minimum Gasteiger partial charge on any atom is -0.367 e. The van der Waals surface area contributed by atoms with Gasteiger partial charge in [-0.25, -0.2) is 9.38 Å². The van der Waals surface area contributed by atoms with E-state index in [1.807, 2.05) is 36.9 Å². The molecule has 0 bridgehead atoms. The fourth-order valence-electron chi connectivity index (χ4n) is 3.47. The van der Waals surface area contributed by atoms with E-state index in [9.17, 15) is 4.39 Å². The van der Waals surface area contributed by atoms with Gasteiger partial charge in [0.05, 0.1) is 24.5 Å². The van der Waals surface area contributed by atoms with Crippen molar-refractivity contribution in [2.45, 2.75) is 26.9 Å². The Morgan fingerprint density at radius 3 is 2.50 bits per heavy atom. The van der Waals surface area contributed by atoms with Crippen molar-refractivity contribution in [3.05, 3.63) is 47.5 Å². The van der Waals surface area contributed by atoms with Crippen LogP contribution in [0.15, 0.2) is 35.5 Å². The van der Waals surface area contributed by atoms with E-state index in [4.69, 9.17) is 0 Å². The zero-order valence-corrected chi connectivity index (χ0v) is 20.4. The van der Waals surface area contributed by atoms with Gasteiger partial charge < -0.3 is 20.4 Å². The van der Waals surface area contributed by atoms with E-state index in [1.165, 1.54) is 0 Å². The molecule has 7 nitrogen and oxygen atoms in total. The average molecular weight is 529 g/mol. The predicted octanol–water partition coefficient (Wildman–Crippen LogP) is 2.57. The van der Waals surface area contributed by atoms with Crippen LogP contribution in [0.1, 0.15) is 25.1 Å². The molecule has 30 heavy (non-hydrogen) atoms. The number of hydrogen-bond donors (Lipinski definition) is 2. The van der Waals surface area contributed by atoms with Crippen LogP contribution in [0.4, 0.5) is 10.1 Å². The highest BCUT2D eigenvalue weighted by atomic mass is 127. The Morgan fingerprint density at radius 1 is 1.13 bits per heavy atom. The van der Waals surface area contributed by atoms with Gasteiger partial charge in [0, 0.05) is 46.0 Å². The third-order valence-corrected chi connectivity index (χ3v) is 5.30. The second kappa shape index (κ2) is 12.1. The van der Waals surface area contributed by atoms with Crippen molar-refractivity contribution in [2.24, 2.45) is 12.0 Å². The number of nitrogens with one attached hydrogen (secondary N) is 2. The molecule has 0 unspecified atom stereocenters. The van der Waals surface area contributed by atoms with Gasteiger partial charge in [0.2, 0.25) is 0 Å². The molecule has 1 aliphatic heterocycles. The number of aromatic nitrogens is 2. The number of nitrogens with zero attached hydrogens (tertiary/aromatic N) is 5. The van der Waals surface area contributed by atoms with E-state index in [1.54, 1.807) is 12.3 Å². The number of rotatable bonds is 7. The van der Waals surface area contributed by atoms with E-state index >= 15 is 0 Å². The number of anilines is 1. The molecule has 0 aliphatic carbocycles. The summed E-state index contributed by atoms with van der Waals surface area (Å²) in [5, 5.41) is 10.7. The van der Waals surface area contributed by atoms with Gasteiger partial charge in [0.1, 0.15) is 5.82 Å². The summed E-state index contributed by atoms with van der Waals surface area (Å²) in [5.41, 5.74) is 2.61. The quantitative estimate of drug-likeness (QED) is 0.328. The largest absolute Gasteiger partial charge is 0.367 e. The molecule has 0 atom stereocenters. The molecule has 1 aromatic heterocycles. The van der Waals surface area contributed by atoms with Crippen LogP contribution in [-0.4, -0.2) is 59.9 Å². The van der Waals surface area contributed by atoms with E-state index in [2.05, 4.69) is 37.4 Å². The molecule has 2 heterocycles. The number of benzene rings is 1. The summed E-state index contributed by atoms with van der Waals surface area (Å²) < 4.78 is 16.5. The van der Waals surface area contributed by atoms with E-state index in [0.717, 1.165) is 50.5 Å². The Morgan fingerprint density at radius 2 is 1.90 bits per heavy atom. The summed E-state index contributed by atoms with van der Waals surface area (Å²) >= 11 is 0. The Kier molecular flexibility index (Phi) is 9.83. The standard InChI is InChI=1S/C21H32FN7.HI/c1-4-23-21(25-16-18-8-9-26-27(18)3)24-15-17-6-7-20(19(22)14-17)29-12-10-28(5-2)11-13-29;/h6-9,14H,4-5,10-13,15-16H2,1-3H3,(H2,23,24,25);1H. The van der Waals surface area contributed by atoms with Gasteiger partial charge in [0.15, 0.2) is 5.96 Å². The lowest BCUT2D eigenvalue weighted by Crippen LogP contribution is -2.46. The molecule has 0 spiro atoms. The van der Waals surface area contributed by atoms with Crippen molar-refractivity contribution in [3.63, 3.8) is 0 Å². The lowest BCUT2D eigenvalue weighted by Gasteiger charge is -2.35. The SMILES string of the molecule is CCNC(=NCc1ccc(N2CCN(CC)CC2)c(F)c1)NCc1ccnn1C.I. The molecule has 1 fully saturated rings. The van der Waals surface area contributed by atoms with Gasteiger partial charge in [-0.2, -0.15) is 5.10 Å². The first kappa shape index (κ1) is 24.4. The number of guanidine groups is 1. The highest BCUT2D eigenvalue weighted by molar-refractivity contribution is 14.0. The van der Waals surface area contributed by atoms with Crippen LogP contribution in [0.2, 0.25) is 0 Å². The van der Waals surface area contributed by atoms with Crippen LogP contribution < -0.4 is 15.5 Å². The lowest BCUT2D eigenvalue weighted by molar-refractivity contribution is 0.270. The summed E-state index contributed by atoms with van der Waals surface area (Å²) in [6.07, 6.45) is 1.77. The van der Waals surface area contributed by atoms with Crippen molar-refractivity contribution in [2.75, 3.05) is 44.2 Å². The maximum absolute atomic E-state index is 14.7. The first-order valence-electron chi connectivity index (χ1n) is 10.4. The smallest absolute Gasteiger partial charge is 0.191 e. The average Bonchev–Trinajstić information content (AvgIpc) is 3.15. The van der Waals surface area contributed by atoms with Crippen molar-refractivity contribution in [1.29, 1.82) is 0 Å². The van der Waals surface area contributed by atoms with E-state index < -0.39 is 0 Å². The third kappa shape index (κ3) is 6.56. The van der Waals surface area contributed by atoms with E-state index in [0.29, 0.717) is 24.7 Å². The fraction of sp³-hybridized carbons (Fsp3) is 0.524. The van der Waals surface area contributed by atoms with Crippen molar-refractivity contribution in [3.8, 4) is 0 Å². The fourth-order valence-corrected chi connectivity index (χ4v) is 3.47. The molecule has 0 amide bonds. The molecule has 0 saturated carbocycles. The van der Waals surface area contributed by atoms with Crippen molar-refractivity contribution < 1.29 is 4.39 Å². The monoisotopic (exact) mass is 529 g/mol. The summed E-state index contributed by atoms with van der Waals surface area (Å²) in [7, 11) is 1.91. The molecule has 1 saturated heterocycles. The van der Waals surface area contributed by atoms with Gasteiger partial charge in [-0.1, -0.05) is 13.0 Å². The molecule has 1 aliphatic rings. The zero-order valence-electron chi connectivity index (χ0n) is 18.1. The summed E-state index contributed by atoms with van der Waals surface area (Å²) in [5.74, 6) is 0.532. The number of halogens is 2. The number of likely N-dealkylation sites (N-methyl/N-ethyl adjacent to an activating group) is 1. The topological polar surface area (TPSA) is 60.7 Å². The molecule has 0 radical (unpaired) electrons. The van der Waals surface area contributed by atoms with Crippen LogP contribution >= 0.6 is 24.0 Å². The maximum Gasteiger partial charge on any atom is 0.191 e. The van der Waals surface area contributed by atoms with Crippen molar-refractivity contribution >= 4 is 35.6 Å². The maximum atomic E-state index is 14.7. The highest BCUT2D eigenvalue weighted by Crippen LogP contribution is 2.22. The van der Waals surface area contributed by atoms with Crippen LogP contribution in [0.5, 0.6) is 0 Å². The molecular weight excluding hydrogens is 496 g/mol. The summed E-state index contributed by atoms with van der Waals surface area (Å²) in [6, 6.07) is 7.43. The van der Waals surface area contributed by atoms with Gasteiger partial charge in [0.25, 0.3) is 0 Å². The summed E-state index contributed by atoms with van der Waals surface area (Å²) in [4.78, 5) is 9.12. The molecule has 9 heteroatoms. The highest BCUT2D eigenvalue weighted by Gasteiger charge is 2.18. The number of piperazine rings is 1. The van der Waals surface area contributed by atoms with Crippen LogP contribution in [0, 0.1) is 5.82 Å². The van der Waals surface area contributed by atoms with Gasteiger partial charge in [-0.15, -0.1) is 24.0 Å². The minimum atomic E-state index is -0.171. The normalized spacial score (nSPS) is 15.1. The molecule has 3 rings (SSSR count). The second-order valence-corrected chi connectivity index (χ2v) is 7.20. The number of aryl methyl sites for hydroxylation is 1. The first-order valence-corrected chi connectivity index (χ1v) is 10.4. The van der Waals surface area contributed by atoms with E-state index in [-0.39, 0.29) is 29.8 Å². The second-order valence-electron chi connectivity index (χ2n) is 7.20. The molecule has 2 aromatic rings. The minimum absolute atomic E-state index is 0.